The van der Waals surface area contributed by atoms with E-state index >= 15 is 0 Å². The Morgan fingerprint density at radius 3 is 2.42 bits per heavy atom. The molecule has 1 aliphatic rings. The molecule has 0 spiro atoms. The van der Waals surface area contributed by atoms with E-state index in [9.17, 15) is 4.79 Å². The number of carbonyl (C=O) groups excluding carboxylic acids is 1. The van der Waals surface area contributed by atoms with E-state index in [4.69, 9.17) is 14.0 Å². The third-order valence-electron chi connectivity index (χ3n) is 4.91. The van der Waals surface area contributed by atoms with Crippen molar-refractivity contribution in [2.24, 2.45) is 0 Å². The molecule has 0 aliphatic carbocycles. The van der Waals surface area contributed by atoms with E-state index in [1.807, 2.05) is 45.9 Å². The van der Waals surface area contributed by atoms with Crippen molar-refractivity contribution >= 4 is 24.6 Å². The molecule has 1 aromatic rings. The van der Waals surface area contributed by atoms with Gasteiger partial charge in [-0.05, 0) is 51.8 Å². The summed E-state index contributed by atoms with van der Waals surface area (Å²) in [5, 5.41) is 0. The van der Waals surface area contributed by atoms with Gasteiger partial charge in [-0.1, -0.05) is 25.5 Å². The minimum absolute atomic E-state index is 0.395. The quantitative estimate of drug-likeness (QED) is 0.323. The molecule has 0 bridgehead atoms. The molecule has 0 N–H and O–H groups in total. The van der Waals surface area contributed by atoms with Gasteiger partial charge >= 0.3 is 13.1 Å². The van der Waals surface area contributed by atoms with Crippen LogP contribution in [0.15, 0.2) is 24.3 Å². The Morgan fingerprint density at radius 2 is 1.85 bits per heavy atom. The molecule has 0 amide bonds. The smallest absolute Gasteiger partial charge is 0.494 e. The molecular weight excluding hydrogens is 331 g/mol. The number of benzene rings is 1. The highest BCUT2D eigenvalue weighted by atomic mass is 16.7. The van der Waals surface area contributed by atoms with Crippen molar-refractivity contribution in [1.82, 2.24) is 0 Å². The van der Waals surface area contributed by atoms with Crippen LogP contribution in [0.5, 0.6) is 5.75 Å². The van der Waals surface area contributed by atoms with Crippen molar-refractivity contribution in [3.8, 4) is 5.75 Å². The SMILES string of the molecule is CCCCOc1cc(/C=C/C(=O)OC)ccc1B1OC(C)(C)C(C)(C)O1. The van der Waals surface area contributed by atoms with Crippen LogP contribution in [0, 0.1) is 0 Å². The van der Waals surface area contributed by atoms with Crippen molar-refractivity contribution in [2.75, 3.05) is 13.7 Å². The number of rotatable bonds is 7. The number of methoxy groups -OCH3 is 1. The second-order valence-corrected chi connectivity index (χ2v) is 7.44. The fraction of sp³-hybridized carbons (Fsp3) is 0.550. The standard InChI is InChI=1S/C20H29BO5/c1-7-8-13-24-17-14-15(10-12-18(22)23-6)9-11-16(17)21-25-19(2,3)20(4,5)26-21/h9-12,14H,7-8,13H2,1-6H3/b12-10+. The monoisotopic (exact) mass is 360 g/mol. The van der Waals surface area contributed by atoms with E-state index in [0.29, 0.717) is 12.4 Å². The molecule has 0 aromatic heterocycles. The Hall–Kier alpha value is -1.79. The molecule has 0 saturated carbocycles. The average molecular weight is 360 g/mol. The largest absolute Gasteiger partial charge is 0.498 e. The van der Waals surface area contributed by atoms with Crippen molar-refractivity contribution in [2.45, 2.75) is 58.7 Å². The second kappa shape index (κ2) is 8.27. The summed E-state index contributed by atoms with van der Waals surface area (Å²) in [5.41, 5.74) is 0.876. The molecule has 1 aromatic carbocycles. The number of hydrogen-bond donors (Lipinski definition) is 0. The van der Waals surface area contributed by atoms with Crippen LogP contribution < -0.4 is 10.2 Å². The zero-order valence-electron chi connectivity index (χ0n) is 16.6. The Labute approximate surface area is 156 Å². The molecular formula is C20H29BO5. The highest BCUT2D eigenvalue weighted by molar-refractivity contribution is 6.63. The van der Waals surface area contributed by atoms with Crippen LogP contribution in [-0.2, 0) is 18.8 Å². The van der Waals surface area contributed by atoms with E-state index in [-0.39, 0.29) is 0 Å². The molecule has 6 heteroatoms. The van der Waals surface area contributed by atoms with Crippen molar-refractivity contribution < 1.29 is 23.6 Å². The summed E-state index contributed by atoms with van der Waals surface area (Å²) in [6.45, 7) is 10.8. The number of ether oxygens (including phenoxy) is 2. The van der Waals surface area contributed by atoms with Gasteiger partial charge in [0.2, 0.25) is 0 Å². The van der Waals surface area contributed by atoms with Gasteiger partial charge in [-0.2, -0.15) is 0 Å². The lowest BCUT2D eigenvalue weighted by Gasteiger charge is -2.32. The van der Waals surface area contributed by atoms with E-state index in [1.54, 1.807) is 6.08 Å². The van der Waals surface area contributed by atoms with Crippen LogP contribution in [-0.4, -0.2) is 38.0 Å². The maximum atomic E-state index is 11.3. The van der Waals surface area contributed by atoms with Crippen LogP contribution in [0.4, 0.5) is 0 Å². The third-order valence-corrected chi connectivity index (χ3v) is 4.91. The average Bonchev–Trinajstić information content (AvgIpc) is 2.80. The topological polar surface area (TPSA) is 54.0 Å². The molecule has 0 unspecified atom stereocenters. The number of unbranched alkanes of at least 4 members (excludes halogenated alkanes) is 1. The molecule has 1 fully saturated rings. The minimum Gasteiger partial charge on any atom is -0.494 e. The van der Waals surface area contributed by atoms with Crippen molar-refractivity contribution in [3.63, 3.8) is 0 Å². The summed E-state index contributed by atoms with van der Waals surface area (Å²) in [6, 6.07) is 5.74. The van der Waals surface area contributed by atoms with Crippen molar-refractivity contribution in [1.29, 1.82) is 0 Å². The van der Waals surface area contributed by atoms with Crippen LogP contribution in [0.3, 0.4) is 0 Å². The first-order valence-electron chi connectivity index (χ1n) is 9.08. The first-order valence-corrected chi connectivity index (χ1v) is 9.08. The highest BCUT2D eigenvalue weighted by Crippen LogP contribution is 2.37. The van der Waals surface area contributed by atoms with Gasteiger partial charge in [-0.3, -0.25) is 0 Å². The number of carbonyl (C=O) groups is 1. The molecule has 26 heavy (non-hydrogen) atoms. The summed E-state index contributed by atoms with van der Waals surface area (Å²) in [6.07, 6.45) is 5.10. The van der Waals surface area contributed by atoms with Gasteiger partial charge in [0.05, 0.1) is 24.9 Å². The fourth-order valence-electron chi connectivity index (χ4n) is 2.50. The lowest BCUT2D eigenvalue weighted by atomic mass is 9.78. The van der Waals surface area contributed by atoms with Crippen molar-refractivity contribution in [3.05, 3.63) is 29.8 Å². The lowest BCUT2D eigenvalue weighted by Crippen LogP contribution is -2.41. The predicted octanol–water partition coefficient (Wildman–Crippen LogP) is 3.35. The van der Waals surface area contributed by atoms with Crippen LogP contribution >= 0.6 is 0 Å². The first kappa shape index (κ1) is 20.5. The first-order chi connectivity index (χ1) is 12.2. The van der Waals surface area contributed by atoms with E-state index < -0.39 is 24.3 Å². The van der Waals surface area contributed by atoms with E-state index in [0.717, 1.165) is 23.9 Å². The molecule has 0 atom stereocenters. The Kier molecular flexibility index (Phi) is 6.53. The summed E-state index contributed by atoms with van der Waals surface area (Å²) < 4.78 is 22.9. The molecule has 5 nitrogen and oxygen atoms in total. The molecule has 1 aliphatic heterocycles. The van der Waals surface area contributed by atoms with E-state index in [1.165, 1.54) is 13.2 Å². The molecule has 0 radical (unpaired) electrons. The van der Waals surface area contributed by atoms with E-state index in [2.05, 4.69) is 11.7 Å². The van der Waals surface area contributed by atoms with Crippen LogP contribution in [0.2, 0.25) is 0 Å². The molecule has 2 rings (SSSR count). The van der Waals surface area contributed by atoms with Gasteiger partial charge in [-0.15, -0.1) is 0 Å². The van der Waals surface area contributed by atoms with Crippen LogP contribution in [0.25, 0.3) is 6.08 Å². The summed E-state index contributed by atoms with van der Waals surface area (Å²) in [7, 11) is 0.864. The van der Waals surface area contributed by atoms with Gasteiger partial charge in [0.1, 0.15) is 5.75 Å². The molecule has 142 valence electrons. The zero-order chi connectivity index (χ0) is 19.4. The Bertz CT molecular complexity index is 650. The highest BCUT2D eigenvalue weighted by Gasteiger charge is 2.52. The second-order valence-electron chi connectivity index (χ2n) is 7.44. The summed E-state index contributed by atoms with van der Waals surface area (Å²) in [4.78, 5) is 11.3. The number of esters is 1. The van der Waals surface area contributed by atoms with Gasteiger partial charge in [0.15, 0.2) is 0 Å². The maximum absolute atomic E-state index is 11.3. The summed E-state index contributed by atoms with van der Waals surface area (Å²) >= 11 is 0. The Morgan fingerprint density at radius 1 is 1.19 bits per heavy atom. The third kappa shape index (κ3) is 4.68. The minimum atomic E-state index is -0.490. The molecule has 1 saturated heterocycles. The fourth-order valence-corrected chi connectivity index (χ4v) is 2.50. The van der Waals surface area contributed by atoms with Gasteiger partial charge in [-0.25, -0.2) is 4.79 Å². The summed E-state index contributed by atoms with van der Waals surface area (Å²) in [5.74, 6) is 0.317. The van der Waals surface area contributed by atoms with Gasteiger partial charge in [0.25, 0.3) is 0 Å². The predicted molar refractivity (Wildman–Crippen MR) is 104 cm³/mol. The van der Waals surface area contributed by atoms with Gasteiger partial charge < -0.3 is 18.8 Å². The Balaban J connectivity index is 2.30. The number of hydrogen-bond acceptors (Lipinski definition) is 5. The van der Waals surface area contributed by atoms with Crippen LogP contribution in [0.1, 0.15) is 53.0 Å². The zero-order valence-corrected chi connectivity index (χ0v) is 16.6. The molecule has 1 heterocycles. The van der Waals surface area contributed by atoms with Gasteiger partial charge in [0, 0.05) is 11.5 Å². The lowest BCUT2D eigenvalue weighted by molar-refractivity contribution is -0.134. The normalized spacial score (nSPS) is 18.3. The maximum Gasteiger partial charge on any atom is 0.498 e.